The largest absolute Gasteiger partial charge is 0.469 e. The van der Waals surface area contributed by atoms with Crippen LogP contribution >= 0.6 is 0 Å². The first-order chi connectivity index (χ1) is 7.10. The summed E-state index contributed by atoms with van der Waals surface area (Å²) in [5.41, 5.74) is 0. The van der Waals surface area contributed by atoms with Crippen molar-refractivity contribution in [3.05, 3.63) is 0 Å². The monoisotopic (exact) mass is 214 g/mol. The van der Waals surface area contributed by atoms with Gasteiger partial charge in [-0.2, -0.15) is 0 Å². The number of carbonyl (C=O) groups excluding carboxylic acids is 2. The van der Waals surface area contributed by atoms with Gasteiger partial charge in [0, 0.05) is 6.54 Å². The first-order valence-corrected chi connectivity index (χ1v) is 5.23. The molecule has 2 atom stereocenters. The summed E-state index contributed by atoms with van der Waals surface area (Å²) >= 11 is 0. The summed E-state index contributed by atoms with van der Waals surface area (Å²) in [6.07, 6.45) is 1.04. The molecule has 1 N–H and O–H groups in total. The van der Waals surface area contributed by atoms with Gasteiger partial charge in [0.25, 0.3) is 0 Å². The molecule has 0 spiro atoms. The van der Waals surface area contributed by atoms with E-state index in [-0.39, 0.29) is 30.5 Å². The molecule has 5 nitrogen and oxygen atoms in total. The Hall–Kier alpha value is -1.10. The Morgan fingerprint density at radius 3 is 2.73 bits per heavy atom. The highest BCUT2D eigenvalue weighted by Gasteiger charge is 2.34. The number of nitrogens with zero attached hydrogens (tertiary/aromatic N) is 1. The molecule has 1 heterocycles. The summed E-state index contributed by atoms with van der Waals surface area (Å²) in [6.45, 7) is 4.31. The number of nitrogens with one attached hydrogen (secondary N) is 1. The standard InChI is InChI=1S/C10H18N2O3/c1-4-8-10(14)12(7(2)11-8)6-5-9(13)15-3/h7-8,11H,4-6H2,1-3H3. The van der Waals surface area contributed by atoms with Crippen molar-refractivity contribution in [1.82, 2.24) is 10.2 Å². The SMILES string of the molecule is CCC1NC(C)N(CCC(=O)OC)C1=O. The molecule has 86 valence electrons. The molecule has 1 saturated heterocycles. The van der Waals surface area contributed by atoms with Crippen LogP contribution in [0.1, 0.15) is 26.7 Å². The molecule has 5 heteroatoms. The Kier molecular flexibility index (Phi) is 4.08. The molecular formula is C10H18N2O3. The Morgan fingerprint density at radius 2 is 2.27 bits per heavy atom. The summed E-state index contributed by atoms with van der Waals surface area (Å²) in [5, 5.41) is 3.17. The second-order valence-electron chi connectivity index (χ2n) is 3.66. The van der Waals surface area contributed by atoms with E-state index in [4.69, 9.17) is 0 Å². The van der Waals surface area contributed by atoms with E-state index in [1.165, 1.54) is 7.11 Å². The zero-order valence-corrected chi connectivity index (χ0v) is 9.45. The molecule has 2 unspecified atom stereocenters. The second kappa shape index (κ2) is 5.11. The van der Waals surface area contributed by atoms with Gasteiger partial charge in [0.1, 0.15) is 0 Å². The van der Waals surface area contributed by atoms with E-state index >= 15 is 0 Å². The maximum absolute atomic E-state index is 11.8. The lowest BCUT2D eigenvalue weighted by Crippen LogP contribution is -2.36. The van der Waals surface area contributed by atoms with Gasteiger partial charge in [-0.25, -0.2) is 0 Å². The quantitative estimate of drug-likeness (QED) is 0.675. The minimum atomic E-state index is -0.282. The minimum absolute atomic E-state index is 0.00658. The number of esters is 1. The van der Waals surface area contributed by atoms with Crippen LogP contribution in [0.15, 0.2) is 0 Å². The molecule has 1 fully saturated rings. The van der Waals surface area contributed by atoms with Crippen molar-refractivity contribution in [3.63, 3.8) is 0 Å². The molecule has 0 radical (unpaired) electrons. The summed E-state index contributed by atoms with van der Waals surface area (Å²) in [6, 6.07) is -0.0994. The van der Waals surface area contributed by atoms with Crippen molar-refractivity contribution in [2.45, 2.75) is 38.9 Å². The van der Waals surface area contributed by atoms with Crippen molar-refractivity contribution < 1.29 is 14.3 Å². The van der Waals surface area contributed by atoms with E-state index in [1.807, 2.05) is 13.8 Å². The number of ether oxygens (including phenoxy) is 1. The summed E-state index contributed by atoms with van der Waals surface area (Å²) in [7, 11) is 1.35. The molecule has 1 rings (SSSR count). The normalized spacial score (nSPS) is 25.8. The van der Waals surface area contributed by atoms with Crippen molar-refractivity contribution in [3.8, 4) is 0 Å². The molecule has 1 aliphatic heterocycles. The van der Waals surface area contributed by atoms with Gasteiger partial charge in [-0.05, 0) is 13.3 Å². The molecule has 0 aromatic carbocycles. The number of carbonyl (C=O) groups is 2. The highest BCUT2D eigenvalue weighted by atomic mass is 16.5. The van der Waals surface area contributed by atoms with Crippen LogP contribution in [0, 0.1) is 0 Å². The molecule has 0 aliphatic carbocycles. The first-order valence-electron chi connectivity index (χ1n) is 5.23. The minimum Gasteiger partial charge on any atom is -0.469 e. The van der Waals surface area contributed by atoms with Gasteiger partial charge in [0.2, 0.25) is 5.91 Å². The zero-order chi connectivity index (χ0) is 11.4. The van der Waals surface area contributed by atoms with Gasteiger partial charge in [-0.1, -0.05) is 6.92 Å². The number of methoxy groups -OCH3 is 1. The summed E-state index contributed by atoms with van der Waals surface area (Å²) in [5.74, 6) is -0.205. The van der Waals surface area contributed by atoms with Crippen LogP contribution in [0.3, 0.4) is 0 Å². The third kappa shape index (κ3) is 2.68. The third-order valence-electron chi connectivity index (χ3n) is 2.68. The van der Waals surface area contributed by atoms with Crippen LogP contribution in [-0.2, 0) is 14.3 Å². The van der Waals surface area contributed by atoms with Crippen LogP contribution < -0.4 is 5.32 Å². The zero-order valence-electron chi connectivity index (χ0n) is 9.45. The highest BCUT2D eigenvalue weighted by Crippen LogP contribution is 2.13. The molecule has 1 aliphatic rings. The predicted octanol–water partition coefficient (Wildman–Crippen LogP) is 0.106. The maximum Gasteiger partial charge on any atom is 0.307 e. The van der Waals surface area contributed by atoms with E-state index in [9.17, 15) is 9.59 Å². The summed E-state index contributed by atoms with van der Waals surface area (Å²) < 4.78 is 4.54. The predicted molar refractivity (Wildman–Crippen MR) is 55.0 cm³/mol. The topological polar surface area (TPSA) is 58.6 Å². The molecule has 0 aromatic rings. The fraction of sp³-hybridized carbons (Fsp3) is 0.800. The van der Waals surface area contributed by atoms with Crippen LogP contribution in [0.25, 0.3) is 0 Å². The van der Waals surface area contributed by atoms with E-state index in [1.54, 1.807) is 4.90 Å². The Labute approximate surface area is 89.8 Å². The van der Waals surface area contributed by atoms with Crippen LogP contribution in [0.4, 0.5) is 0 Å². The molecule has 1 amide bonds. The van der Waals surface area contributed by atoms with E-state index in [2.05, 4.69) is 10.1 Å². The number of amides is 1. The van der Waals surface area contributed by atoms with E-state index < -0.39 is 0 Å². The Balaban J connectivity index is 2.48. The van der Waals surface area contributed by atoms with E-state index in [0.29, 0.717) is 6.54 Å². The van der Waals surface area contributed by atoms with Gasteiger partial charge >= 0.3 is 5.97 Å². The fourth-order valence-electron chi connectivity index (χ4n) is 1.75. The van der Waals surface area contributed by atoms with Gasteiger partial charge in [0.05, 0.1) is 25.7 Å². The maximum atomic E-state index is 11.8. The van der Waals surface area contributed by atoms with Crippen molar-refractivity contribution in [2.75, 3.05) is 13.7 Å². The molecule has 0 saturated carbocycles. The average molecular weight is 214 g/mol. The molecule has 0 aromatic heterocycles. The third-order valence-corrected chi connectivity index (χ3v) is 2.68. The number of hydrogen-bond donors (Lipinski definition) is 1. The van der Waals surface area contributed by atoms with Crippen molar-refractivity contribution >= 4 is 11.9 Å². The van der Waals surface area contributed by atoms with Gasteiger partial charge in [-0.15, -0.1) is 0 Å². The summed E-state index contributed by atoms with van der Waals surface area (Å²) in [4.78, 5) is 24.4. The van der Waals surface area contributed by atoms with Gasteiger partial charge in [0.15, 0.2) is 0 Å². The Morgan fingerprint density at radius 1 is 1.60 bits per heavy atom. The van der Waals surface area contributed by atoms with Crippen LogP contribution in [0.2, 0.25) is 0 Å². The molecule has 15 heavy (non-hydrogen) atoms. The highest BCUT2D eigenvalue weighted by molar-refractivity contribution is 5.84. The van der Waals surface area contributed by atoms with Crippen LogP contribution in [0.5, 0.6) is 0 Å². The number of hydrogen-bond acceptors (Lipinski definition) is 4. The average Bonchev–Trinajstić information content (AvgIpc) is 2.51. The first kappa shape index (κ1) is 12.0. The lowest BCUT2D eigenvalue weighted by molar-refractivity contribution is -0.141. The van der Waals surface area contributed by atoms with E-state index in [0.717, 1.165) is 6.42 Å². The Bertz CT molecular complexity index is 255. The van der Waals surface area contributed by atoms with Crippen molar-refractivity contribution in [2.24, 2.45) is 0 Å². The molecular weight excluding hydrogens is 196 g/mol. The lowest BCUT2D eigenvalue weighted by atomic mass is 10.2. The van der Waals surface area contributed by atoms with Crippen LogP contribution in [-0.4, -0.2) is 42.6 Å². The fourth-order valence-corrected chi connectivity index (χ4v) is 1.75. The smallest absolute Gasteiger partial charge is 0.307 e. The second-order valence-corrected chi connectivity index (χ2v) is 3.66. The van der Waals surface area contributed by atoms with Crippen molar-refractivity contribution in [1.29, 1.82) is 0 Å². The lowest BCUT2D eigenvalue weighted by Gasteiger charge is -2.19. The molecule has 0 bridgehead atoms. The van der Waals surface area contributed by atoms with Gasteiger partial charge < -0.3 is 9.64 Å². The van der Waals surface area contributed by atoms with Gasteiger partial charge in [-0.3, -0.25) is 14.9 Å². The number of rotatable bonds is 4.